The van der Waals surface area contributed by atoms with Crippen LogP contribution in [0.4, 0.5) is 10.2 Å². The van der Waals surface area contributed by atoms with E-state index in [0.29, 0.717) is 38.3 Å². The van der Waals surface area contributed by atoms with E-state index < -0.39 is 6.17 Å². The van der Waals surface area contributed by atoms with Gasteiger partial charge in [-0.1, -0.05) is 19.1 Å². The molecule has 194 valence electrons. The minimum atomic E-state index is -0.652. The van der Waals surface area contributed by atoms with E-state index in [-0.39, 0.29) is 0 Å². The number of imidazole rings is 2. The molecule has 6 heterocycles. The third-order valence-electron chi connectivity index (χ3n) is 7.92. The van der Waals surface area contributed by atoms with Crippen LogP contribution in [0.5, 0.6) is 0 Å². The molecule has 0 radical (unpaired) electrons. The number of rotatable bonds is 6. The van der Waals surface area contributed by atoms with Gasteiger partial charge in [0.15, 0.2) is 17.0 Å². The number of hydrogen-bond acceptors (Lipinski definition) is 8. The van der Waals surface area contributed by atoms with Gasteiger partial charge in [0.2, 0.25) is 5.95 Å². The zero-order chi connectivity index (χ0) is 25.1. The van der Waals surface area contributed by atoms with Crippen molar-refractivity contribution in [2.45, 2.75) is 32.1 Å². The Balaban J connectivity index is 1.28. The van der Waals surface area contributed by atoms with Crippen molar-refractivity contribution in [3.8, 4) is 5.95 Å². The van der Waals surface area contributed by atoms with Crippen LogP contribution in [-0.4, -0.2) is 104 Å². The van der Waals surface area contributed by atoms with Crippen molar-refractivity contribution in [2.24, 2.45) is 7.05 Å². The number of ether oxygens (including phenoxy) is 1. The molecule has 1 aromatic carbocycles. The fourth-order valence-electron chi connectivity index (χ4n) is 5.71. The number of para-hydroxylation sites is 2. The normalized spacial score (nSPS) is 20.1. The molecule has 4 aromatic rings. The Morgan fingerprint density at radius 1 is 0.973 bits per heavy atom. The highest BCUT2D eigenvalue weighted by Gasteiger charge is 2.39. The SMILES string of the molecule is CCc1nc2ccccc2n1-c1nc(N2CCOCC2)c2nc(CN3CC(N4CC(F)C4)C3)n(C)c2n1. The Bertz CT molecular complexity index is 1450. The van der Waals surface area contributed by atoms with E-state index in [9.17, 15) is 4.39 Å². The average molecular weight is 506 g/mol. The van der Waals surface area contributed by atoms with Crippen molar-refractivity contribution in [1.29, 1.82) is 0 Å². The van der Waals surface area contributed by atoms with Gasteiger partial charge in [0.1, 0.15) is 17.8 Å². The number of anilines is 1. The molecule has 0 aliphatic carbocycles. The van der Waals surface area contributed by atoms with E-state index in [1.807, 2.05) is 25.2 Å². The number of alkyl halides is 1. The minimum Gasteiger partial charge on any atom is -0.378 e. The lowest BCUT2D eigenvalue weighted by Crippen LogP contribution is -2.65. The van der Waals surface area contributed by atoms with Gasteiger partial charge < -0.3 is 14.2 Å². The van der Waals surface area contributed by atoms with E-state index >= 15 is 0 Å². The van der Waals surface area contributed by atoms with Gasteiger partial charge >= 0.3 is 0 Å². The predicted octanol–water partition coefficient (Wildman–Crippen LogP) is 1.94. The second-order valence-electron chi connectivity index (χ2n) is 10.3. The average Bonchev–Trinajstić information content (AvgIpc) is 3.41. The summed E-state index contributed by atoms with van der Waals surface area (Å²) in [6.07, 6.45) is 0.122. The first kappa shape index (κ1) is 23.0. The van der Waals surface area contributed by atoms with Crippen LogP contribution in [0.3, 0.4) is 0 Å². The van der Waals surface area contributed by atoms with E-state index in [1.165, 1.54) is 0 Å². The summed E-state index contributed by atoms with van der Waals surface area (Å²) in [5.41, 5.74) is 3.59. The fourth-order valence-corrected chi connectivity index (χ4v) is 5.71. The molecule has 3 saturated heterocycles. The number of aryl methyl sites for hydroxylation is 2. The van der Waals surface area contributed by atoms with Crippen LogP contribution in [0.1, 0.15) is 18.6 Å². The summed E-state index contributed by atoms with van der Waals surface area (Å²) in [5, 5.41) is 0. The first-order chi connectivity index (χ1) is 18.1. The second kappa shape index (κ2) is 9.00. The lowest BCUT2D eigenvalue weighted by Gasteiger charge is -2.49. The van der Waals surface area contributed by atoms with Crippen LogP contribution in [0.2, 0.25) is 0 Å². The summed E-state index contributed by atoms with van der Waals surface area (Å²) >= 11 is 0. The third kappa shape index (κ3) is 3.87. The summed E-state index contributed by atoms with van der Waals surface area (Å²) in [6, 6.07) is 8.59. The number of hydrogen-bond donors (Lipinski definition) is 0. The molecule has 0 saturated carbocycles. The molecular formula is C26H32FN9O. The monoisotopic (exact) mass is 505 g/mol. The van der Waals surface area contributed by atoms with E-state index in [0.717, 1.165) is 78.8 Å². The van der Waals surface area contributed by atoms with Crippen molar-refractivity contribution >= 4 is 28.0 Å². The molecule has 3 aliphatic rings. The molecule has 3 aliphatic heterocycles. The molecule has 0 bridgehead atoms. The van der Waals surface area contributed by atoms with Gasteiger partial charge in [-0.2, -0.15) is 9.97 Å². The molecule has 37 heavy (non-hydrogen) atoms. The fraction of sp³-hybridized carbons (Fsp3) is 0.538. The Hall–Kier alpha value is -3.15. The highest BCUT2D eigenvalue weighted by molar-refractivity contribution is 5.86. The maximum atomic E-state index is 13.3. The highest BCUT2D eigenvalue weighted by Crippen LogP contribution is 2.30. The van der Waals surface area contributed by atoms with Gasteiger partial charge in [-0.15, -0.1) is 0 Å². The molecular weight excluding hydrogens is 473 g/mol. The largest absolute Gasteiger partial charge is 0.378 e. The van der Waals surface area contributed by atoms with Crippen molar-refractivity contribution in [3.63, 3.8) is 0 Å². The molecule has 3 aromatic heterocycles. The molecule has 7 rings (SSSR count). The molecule has 10 nitrogen and oxygen atoms in total. The summed E-state index contributed by atoms with van der Waals surface area (Å²) in [4.78, 5) is 27.0. The number of halogens is 1. The Morgan fingerprint density at radius 2 is 1.76 bits per heavy atom. The zero-order valence-corrected chi connectivity index (χ0v) is 21.3. The van der Waals surface area contributed by atoms with Crippen molar-refractivity contribution in [1.82, 2.24) is 38.9 Å². The molecule has 0 spiro atoms. The van der Waals surface area contributed by atoms with E-state index in [4.69, 9.17) is 24.7 Å². The van der Waals surface area contributed by atoms with Crippen molar-refractivity contribution in [3.05, 3.63) is 35.9 Å². The minimum absolute atomic E-state index is 0.457. The number of likely N-dealkylation sites (tertiary alicyclic amines) is 2. The summed E-state index contributed by atoms with van der Waals surface area (Å²) in [5.74, 6) is 3.37. The Labute approximate surface area is 214 Å². The zero-order valence-electron chi connectivity index (χ0n) is 21.3. The van der Waals surface area contributed by atoms with E-state index in [1.54, 1.807) is 0 Å². The number of nitrogens with zero attached hydrogens (tertiary/aromatic N) is 9. The van der Waals surface area contributed by atoms with Gasteiger partial charge in [-0.05, 0) is 12.1 Å². The number of morpholine rings is 1. The lowest BCUT2D eigenvalue weighted by molar-refractivity contribution is -0.0445. The van der Waals surface area contributed by atoms with Crippen molar-refractivity contribution in [2.75, 3.05) is 57.4 Å². The molecule has 0 amide bonds. The van der Waals surface area contributed by atoms with Crippen molar-refractivity contribution < 1.29 is 9.13 Å². The summed E-state index contributed by atoms with van der Waals surface area (Å²) < 4.78 is 23.1. The number of fused-ring (bicyclic) bond motifs is 2. The van der Waals surface area contributed by atoms with Crippen LogP contribution in [0.15, 0.2) is 24.3 Å². The van der Waals surface area contributed by atoms with Crippen LogP contribution in [-0.2, 0) is 24.8 Å². The Morgan fingerprint density at radius 3 is 2.51 bits per heavy atom. The summed E-state index contributed by atoms with van der Waals surface area (Å²) in [7, 11) is 2.04. The molecule has 0 unspecified atom stereocenters. The second-order valence-corrected chi connectivity index (χ2v) is 10.3. The third-order valence-corrected chi connectivity index (χ3v) is 7.92. The van der Waals surface area contributed by atoms with Gasteiger partial charge in [-0.25, -0.2) is 14.4 Å². The van der Waals surface area contributed by atoms with Crippen LogP contribution in [0, 0.1) is 0 Å². The topological polar surface area (TPSA) is 80.4 Å². The molecule has 11 heteroatoms. The first-order valence-electron chi connectivity index (χ1n) is 13.2. The van der Waals surface area contributed by atoms with Gasteiger partial charge in [0, 0.05) is 58.8 Å². The first-order valence-corrected chi connectivity index (χ1v) is 13.2. The van der Waals surface area contributed by atoms with E-state index in [2.05, 4.69) is 36.8 Å². The van der Waals surface area contributed by atoms with Gasteiger partial charge in [0.25, 0.3) is 0 Å². The Kier molecular flexibility index (Phi) is 5.60. The van der Waals surface area contributed by atoms with Gasteiger partial charge in [0.05, 0.1) is 30.8 Å². The highest BCUT2D eigenvalue weighted by atomic mass is 19.1. The molecule has 3 fully saturated rings. The lowest BCUT2D eigenvalue weighted by atomic mass is 10.0. The van der Waals surface area contributed by atoms with Crippen LogP contribution in [0.25, 0.3) is 28.1 Å². The maximum Gasteiger partial charge on any atom is 0.239 e. The summed E-state index contributed by atoms with van der Waals surface area (Å²) in [6.45, 7) is 8.76. The standard InChI is InChI=1S/C26H32FN9O/c1-3-21-28-19-6-4-5-7-20(19)36(21)26-30-24-23(25(31-26)34-8-10-37-11-9-34)29-22(32(24)2)16-33-14-18(15-33)35-12-17(27)13-35/h4-7,17-18H,3,8-16H2,1-2H3. The van der Waals surface area contributed by atoms with Crippen LogP contribution < -0.4 is 4.90 Å². The molecule has 0 N–H and O–H groups in total. The maximum absolute atomic E-state index is 13.3. The predicted molar refractivity (Wildman–Crippen MR) is 139 cm³/mol. The van der Waals surface area contributed by atoms with Crippen LogP contribution >= 0.6 is 0 Å². The smallest absolute Gasteiger partial charge is 0.239 e. The number of aromatic nitrogens is 6. The van der Waals surface area contributed by atoms with Gasteiger partial charge in [-0.3, -0.25) is 14.4 Å². The quantitative estimate of drug-likeness (QED) is 0.393. The number of benzene rings is 1. The molecule has 0 atom stereocenters.